The molecule has 0 aromatic carbocycles. The molecule has 1 atom stereocenters. The van der Waals surface area contributed by atoms with Gasteiger partial charge < -0.3 is 10.5 Å². The summed E-state index contributed by atoms with van der Waals surface area (Å²) in [6.07, 6.45) is 0.726. The fourth-order valence-corrected chi connectivity index (χ4v) is 1.58. The van der Waals surface area contributed by atoms with Gasteiger partial charge in [-0.2, -0.15) is 0 Å². The smallest absolute Gasteiger partial charge is 0.323 e. The summed E-state index contributed by atoms with van der Waals surface area (Å²) in [5.41, 5.74) is 4.47. The second-order valence-corrected chi connectivity index (χ2v) is 3.94. The zero-order valence-electron chi connectivity index (χ0n) is 8.74. The van der Waals surface area contributed by atoms with E-state index in [9.17, 15) is 9.59 Å². The van der Waals surface area contributed by atoms with Crippen molar-refractivity contribution in [2.75, 3.05) is 13.7 Å². The van der Waals surface area contributed by atoms with E-state index >= 15 is 0 Å². The van der Waals surface area contributed by atoms with Crippen LogP contribution in [0.2, 0.25) is 0 Å². The maximum absolute atomic E-state index is 11.3. The zero-order valence-corrected chi connectivity index (χ0v) is 8.74. The van der Waals surface area contributed by atoms with Crippen molar-refractivity contribution in [1.29, 1.82) is 0 Å². The molecule has 14 heavy (non-hydrogen) atoms. The van der Waals surface area contributed by atoms with Crippen LogP contribution in [0.4, 0.5) is 0 Å². The van der Waals surface area contributed by atoms with E-state index in [1.807, 2.05) is 0 Å². The number of methoxy groups -OCH3 is 1. The summed E-state index contributed by atoms with van der Waals surface area (Å²) in [4.78, 5) is 24.2. The fraction of sp³-hybridized carbons (Fsp3) is 0.778. The molecule has 1 rings (SSSR count). The van der Waals surface area contributed by atoms with Gasteiger partial charge in [0, 0.05) is 6.54 Å². The monoisotopic (exact) mass is 200 g/mol. The molecule has 2 N–H and O–H groups in total. The van der Waals surface area contributed by atoms with Crippen molar-refractivity contribution >= 4 is 11.9 Å². The predicted molar refractivity (Wildman–Crippen MR) is 50.4 cm³/mol. The Morgan fingerprint density at radius 1 is 1.50 bits per heavy atom. The lowest BCUT2D eigenvalue weighted by Crippen LogP contribution is -2.65. The van der Waals surface area contributed by atoms with Gasteiger partial charge >= 0.3 is 5.97 Å². The number of likely N-dealkylation sites (tertiary alicyclic amines) is 1. The largest absolute Gasteiger partial charge is 0.468 e. The van der Waals surface area contributed by atoms with E-state index in [-0.39, 0.29) is 12.0 Å². The van der Waals surface area contributed by atoms with Crippen LogP contribution in [0.25, 0.3) is 0 Å². The molecular weight excluding hydrogens is 184 g/mol. The molecule has 5 nitrogen and oxygen atoms in total. The van der Waals surface area contributed by atoms with Crippen LogP contribution in [-0.4, -0.2) is 42.0 Å². The third kappa shape index (κ3) is 1.59. The highest BCUT2D eigenvalue weighted by molar-refractivity contribution is 5.85. The number of hydrogen-bond acceptors (Lipinski definition) is 4. The molecule has 1 amide bonds. The molecule has 80 valence electrons. The quantitative estimate of drug-likeness (QED) is 0.623. The predicted octanol–water partition coefficient (Wildman–Crippen LogP) is -0.502. The molecule has 1 saturated heterocycles. The van der Waals surface area contributed by atoms with Crippen molar-refractivity contribution in [2.24, 2.45) is 5.73 Å². The van der Waals surface area contributed by atoms with E-state index < -0.39 is 11.4 Å². The van der Waals surface area contributed by atoms with E-state index in [2.05, 4.69) is 4.74 Å². The molecule has 0 radical (unpaired) electrons. The number of ether oxygens (including phenoxy) is 1. The van der Waals surface area contributed by atoms with Gasteiger partial charge in [0.2, 0.25) is 5.91 Å². The number of primary amides is 1. The molecule has 1 unspecified atom stereocenters. The van der Waals surface area contributed by atoms with Crippen molar-refractivity contribution < 1.29 is 14.3 Å². The molecule has 0 bridgehead atoms. The second-order valence-electron chi connectivity index (χ2n) is 3.94. The maximum atomic E-state index is 11.3. The van der Waals surface area contributed by atoms with Gasteiger partial charge in [-0.3, -0.25) is 14.5 Å². The summed E-state index contributed by atoms with van der Waals surface area (Å²) in [6.45, 7) is 4.13. The van der Waals surface area contributed by atoms with Gasteiger partial charge in [-0.15, -0.1) is 0 Å². The second kappa shape index (κ2) is 3.57. The first kappa shape index (κ1) is 11.0. The Morgan fingerprint density at radius 3 is 2.36 bits per heavy atom. The van der Waals surface area contributed by atoms with Crippen LogP contribution in [0.1, 0.15) is 20.3 Å². The van der Waals surface area contributed by atoms with Gasteiger partial charge in [-0.05, 0) is 20.3 Å². The van der Waals surface area contributed by atoms with Crippen LogP contribution in [0.15, 0.2) is 0 Å². The number of hydrogen-bond donors (Lipinski definition) is 1. The number of nitrogens with two attached hydrogens (primary N) is 1. The number of esters is 1. The summed E-state index contributed by atoms with van der Waals surface area (Å²) in [5, 5.41) is 0. The summed E-state index contributed by atoms with van der Waals surface area (Å²) < 4.78 is 4.63. The Kier molecular flexibility index (Phi) is 2.80. The summed E-state index contributed by atoms with van der Waals surface area (Å²) in [7, 11) is 1.34. The lowest BCUT2D eigenvalue weighted by molar-refractivity contribution is -0.159. The van der Waals surface area contributed by atoms with Crippen LogP contribution in [0.3, 0.4) is 0 Å². The fourth-order valence-electron chi connectivity index (χ4n) is 1.58. The molecule has 0 aromatic heterocycles. The van der Waals surface area contributed by atoms with Gasteiger partial charge in [0.25, 0.3) is 0 Å². The van der Waals surface area contributed by atoms with Crippen LogP contribution in [-0.2, 0) is 14.3 Å². The summed E-state index contributed by atoms with van der Waals surface area (Å²) in [5.74, 6) is -0.725. The zero-order chi connectivity index (χ0) is 10.9. The lowest BCUT2D eigenvalue weighted by atomic mass is 9.91. The first-order valence-corrected chi connectivity index (χ1v) is 4.55. The van der Waals surface area contributed by atoms with Crippen LogP contribution < -0.4 is 5.73 Å². The average Bonchev–Trinajstić information content (AvgIpc) is 2.00. The standard InChI is InChI=1S/C9H16N2O3/c1-9(2,8(10)13)11-5-4-6(11)7(12)14-3/h6H,4-5H2,1-3H3,(H2,10,13). The minimum atomic E-state index is -0.781. The Bertz CT molecular complexity index is 263. The van der Waals surface area contributed by atoms with Crippen LogP contribution in [0, 0.1) is 0 Å². The summed E-state index contributed by atoms with van der Waals surface area (Å²) >= 11 is 0. The molecular formula is C9H16N2O3. The number of carbonyl (C=O) groups excluding carboxylic acids is 2. The highest BCUT2D eigenvalue weighted by Crippen LogP contribution is 2.28. The van der Waals surface area contributed by atoms with E-state index in [0.29, 0.717) is 6.54 Å². The topological polar surface area (TPSA) is 72.6 Å². The molecule has 1 aliphatic rings. The van der Waals surface area contributed by atoms with E-state index in [1.54, 1.807) is 18.7 Å². The SMILES string of the molecule is COC(=O)C1CCN1C(C)(C)C(N)=O. The van der Waals surface area contributed by atoms with Crippen molar-refractivity contribution in [3.8, 4) is 0 Å². The minimum Gasteiger partial charge on any atom is -0.468 e. The maximum Gasteiger partial charge on any atom is 0.323 e. The summed E-state index contributed by atoms with van der Waals surface area (Å²) in [6, 6.07) is -0.317. The highest BCUT2D eigenvalue weighted by Gasteiger charge is 2.46. The van der Waals surface area contributed by atoms with Crippen molar-refractivity contribution in [1.82, 2.24) is 4.90 Å². The molecule has 1 aliphatic heterocycles. The molecule has 0 spiro atoms. The Balaban J connectivity index is 2.71. The third-order valence-corrected chi connectivity index (χ3v) is 2.81. The van der Waals surface area contributed by atoms with Gasteiger partial charge in [-0.1, -0.05) is 0 Å². The number of rotatable bonds is 3. The van der Waals surface area contributed by atoms with Crippen molar-refractivity contribution in [3.63, 3.8) is 0 Å². The number of carbonyl (C=O) groups is 2. The molecule has 0 saturated carbocycles. The normalized spacial score (nSPS) is 22.6. The minimum absolute atomic E-state index is 0.300. The van der Waals surface area contributed by atoms with Gasteiger partial charge in [0.1, 0.15) is 6.04 Å². The van der Waals surface area contributed by atoms with Crippen molar-refractivity contribution in [3.05, 3.63) is 0 Å². The van der Waals surface area contributed by atoms with E-state index in [1.165, 1.54) is 7.11 Å². The van der Waals surface area contributed by atoms with Crippen LogP contribution >= 0.6 is 0 Å². The molecule has 0 aliphatic carbocycles. The highest BCUT2D eigenvalue weighted by atomic mass is 16.5. The first-order valence-electron chi connectivity index (χ1n) is 4.55. The Labute approximate surface area is 83.2 Å². The average molecular weight is 200 g/mol. The molecule has 0 aromatic rings. The van der Waals surface area contributed by atoms with Crippen molar-refractivity contribution in [2.45, 2.75) is 31.8 Å². The first-order chi connectivity index (χ1) is 6.41. The Morgan fingerprint density at radius 2 is 2.07 bits per heavy atom. The molecule has 1 fully saturated rings. The lowest BCUT2D eigenvalue weighted by Gasteiger charge is -2.47. The molecule has 1 heterocycles. The Hall–Kier alpha value is -1.10. The van der Waals surface area contributed by atoms with Gasteiger partial charge in [0.05, 0.1) is 12.6 Å². The van der Waals surface area contributed by atoms with E-state index in [0.717, 1.165) is 6.42 Å². The van der Waals surface area contributed by atoms with E-state index in [4.69, 9.17) is 5.73 Å². The number of nitrogens with zero attached hydrogens (tertiary/aromatic N) is 1. The van der Waals surface area contributed by atoms with Gasteiger partial charge in [-0.25, -0.2) is 0 Å². The molecule has 5 heteroatoms. The third-order valence-electron chi connectivity index (χ3n) is 2.81. The number of amides is 1. The van der Waals surface area contributed by atoms with Crippen LogP contribution in [0.5, 0.6) is 0 Å². The van der Waals surface area contributed by atoms with Gasteiger partial charge in [0.15, 0.2) is 0 Å².